The number of nitrogens with zero attached hydrogens (tertiary/aromatic N) is 1. The number of benzene rings is 2. The number of ether oxygens (including phenoxy) is 1. The summed E-state index contributed by atoms with van der Waals surface area (Å²) in [5.41, 5.74) is 12.2. The van der Waals surface area contributed by atoms with Crippen molar-refractivity contribution >= 4 is 35.3 Å². The van der Waals surface area contributed by atoms with Gasteiger partial charge in [0.2, 0.25) is 5.91 Å². The molecule has 0 saturated heterocycles. The Morgan fingerprint density at radius 1 is 1.06 bits per heavy atom. The van der Waals surface area contributed by atoms with Crippen LogP contribution in [0.4, 0.5) is 29.3 Å². The molecule has 0 unspecified atom stereocenters. The van der Waals surface area contributed by atoms with Crippen molar-refractivity contribution in [1.82, 2.24) is 10.3 Å². The van der Waals surface area contributed by atoms with Gasteiger partial charge in [-0.15, -0.1) is 0 Å². The Labute approximate surface area is 269 Å². The molecule has 0 radical (unpaired) electrons. The maximum atomic E-state index is 13.5. The summed E-state index contributed by atoms with van der Waals surface area (Å²) in [7, 11) is 1.29. The number of fused-ring (bicyclic) bond motifs is 4. The number of aromatic nitrogens is 1. The van der Waals surface area contributed by atoms with Gasteiger partial charge in [-0.25, -0.2) is 9.59 Å². The van der Waals surface area contributed by atoms with E-state index in [0.717, 1.165) is 41.6 Å². The van der Waals surface area contributed by atoms with Crippen LogP contribution in [0.15, 0.2) is 54.7 Å². The van der Waals surface area contributed by atoms with E-state index in [1.165, 1.54) is 12.7 Å². The topological polar surface area (TPSA) is 173 Å². The Balaban J connectivity index is 0.000000644. The summed E-state index contributed by atoms with van der Waals surface area (Å²) in [5, 5.41) is 16.0. The lowest BCUT2D eigenvalue weighted by atomic mass is 9.95. The third-order valence-corrected chi connectivity index (χ3v) is 7.93. The number of hydrogen-bond donors (Lipinski definition) is 5. The minimum Gasteiger partial charge on any atom is -0.475 e. The zero-order valence-corrected chi connectivity index (χ0v) is 25.8. The molecule has 14 heteroatoms. The van der Waals surface area contributed by atoms with E-state index in [1.54, 1.807) is 18.3 Å². The highest BCUT2D eigenvalue weighted by Crippen LogP contribution is 2.42. The van der Waals surface area contributed by atoms with Crippen molar-refractivity contribution in [2.75, 3.05) is 17.7 Å². The number of pyridine rings is 1. The van der Waals surface area contributed by atoms with Crippen molar-refractivity contribution in [3.8, 4) is 11.1 Å². The third-order valence-electron chi connectivity index (χ3n) is 7.93. The van der Waals surface area contributed by atoms with Gasteiger partial charge in [0.05, 0.1) is 24.5 Å². The molecule has 1 aromatic heterocycles. The maximum absolute atomic E-state index is 13.5. The number of carbonyl (C=O) groups is 4. The molecule has 1 aliphatic heterocycles. The number of anilines is 2. The van der Waals surface area contributed by atoms with Crippen LogP contribution in [0.3, 0.4) is 0 Å². The molecular formula is C33H36F3N5O6. The summed E-state index contributed by atoms with van der Waals surface area (Å²) < 4.78 is 36.4. The third kappa shape index (κ3) is 9.28. The number of carboxylic acid groups (broad SMARTS) is 1. The maximum Gasteiger partial charge on any atom is 0.490 e. The average molecular weight is 656 g/mol. The molecule has 11 nitrogen and oxygen atoms in total. The quantitative estimate of drug-likeness (QED) is 0.219. The molecule has 6 N–H and O–H groups in total. The van der Waals surface area contributed by atoms with Gasteiger partial charge >= 0.3 is 18.2 Å². The van der Waals surface area contributed by atoms with Gasteiger partial charge in [-0.1, -0.05) is 25.5 Å². The van der Waals surface area contributed by atoms with Gasteiger partial charge < -0.3 is 26.2 Å². The van der Waals surface area contributed by atoms with Crippen molar-refractivity contribution in [3.05, 3.63) is 77.1 Å². The van der Waals surface area contributed by atoms with E-state index >= 15 is 0 Å². The molecule has 2 bridgehead atoms. The van der Waals surface area contributed by atoms with E-state index < -0.39 is 18.2 Å². The van der Waals surface area contributed by atoms with Crippen molar-refractivity contribution in [1.29, 1.82) is 0 Å². The highest BCUT2D eigenvalue weighted by molar-refractivity contribution is 5.98. The second kappa shape index (κ2) is 15.1. The highest BCUT2D eigenvalue weighted by atomic mass is 19.4. The zero-order valence-electron chi connectivity index (χ0n) is 25.8. The van der Waals surface area contributed by atoms with Crippen molar-refractivity contribution in [2.24, 2.45) is 11.7 Å². The van der Waals surface area contributed by atoms with E-state index in [4.69, 9.17) is 20.4 Å². The van der Waals surface area contributed by atoms with Crippen LogP contribution < -0.4 is 21.7 Å². The average Bonchev–Trinajstić information content (AvgIpc) is 3.89. The lowest BCUT2D eigenvalue weighted by molar-refractivity contribution is -0.192. The standard InChI is InChI=1S/C31H35N5O4.C2HF3O2/c1-18-4-3-5-26(35-30(38)21-8-9-22(17-32)25(14-21)19-6-7-19)28-15-20(12-13-33-28)24-11-10-23(34-31(39)40-2)16-27(24)36-29(18)37;3-2(4,5)1(6)7/h8-16,18-19,26H,3-7,17,32H2,1-2H3,(H,34,39)(H,35,38)(H,36,37);(H,6,7)/t18-,26-;/m0./s1. The first-order chi connectivity index (χ1) is 22.3. The predicted octanol–water partition coefficient (Wildman–Crippen LogP) is 6.13. The molecule has 1 fully saturated rings. The smallest absolute Gasteiger partial charge is 0.475 e. The Hall–Kier alpha value is -4.98. The van der Waals surface area contributed by atoms with Crippen LogP contribution in [0, 0.1) is 5.92 Å². The summed E-state index contributed by atoms with van der Waals surface area (Å²) in [6.45, 7) is 2.35. The number of methoxy groups -OCH3 is 1. The van der Waals surface area contributed by atoms with Crippen LogP contribution in [0.1, 0.15) is 78.2 Å². The SMILES string of the molecule is COC(=O)Nc1ccc2c(c1)NC(=O)[C@@H](C)CCC[C@H](NC(=O)c1ccc(CN)c(C3CC3)c1)c1cc-2ccn1.O=C(O)C(F)(F)F. The van der Waals surface area contributed by atoms with Crippen molar-refractivity contribution < 1.29 is 42.2 Å². The lowest BCUT2D eigenvalue weighted by Crippen LogP contribution is -2.30. The molecule has 1 aliphatic carbocycles. The molecule has 2 aromatic carbocycles. The van der Waals surface area contributed by atoms with Crippen LogP contribution in [-0.2, 0) is 20.9 Å². The molecule has 0 spiro atoms. The first kappa shape index (κ1) is 34.9. The molecule has 47 heavy (non-hydrogen) atoms. The fourth-order valence-corrected chi connectivity index (χ4v) is 5.20. The van der Waals surface area contributed by atoms with Gasteiger partial charge in [0, 0.05) is 35.5 Å². The summed E-state index contributed by atoms with van der Waals surface area (Å²) >= 11 is 0. The second-order valence-corrected chi connectivity index (χ2v) is 11.4. The molecule has 2 heterocycles. The van der Waals surface area contributed by atoms with Crippen molar-refractivity contribution in [2.45, 2.75) is 63.7 Å². The van der Waals surface area contributed by atoms with Gasteiger partial charge in [-0.05, 0) is 84.7 Å². The number of carboxylic acids is 1. The Bertz CT molecular complexity index is 1640. The summed E-state index contributed by atoms with van der Waals surface area (Å²) in [6.07, 6.45) is 0.304. The number of aliphatic carboxylic acids is 1. The van der Waals surface area contributed by atoms with Gasteiger partial charge in [-0.3, -0.25) is 19.9 Å². The molecule has 2 atom stereocenters. The van der Waals surface area contributed by atoms with Crippen LogP contribution in [0.2, 0.25) is 0 Å². The predicted molar refractivity (Wildman–Crippen MR) is 168 cm³/mol. The van der Waals surface area contributed by atoms with Crippen LogP contribution in [0.25, 0.3) is 11.1 Å². The number of rotatable bonds is 5. The number of halogens is 3. The number of nitrogens with one attached hydrogen (secondary N) is 3. The number of nitrogens with two attached hydrogens (primary N) is 1. The normalized spacial score (nSPS) is 17.7. The Morgan fingerprint density at radius 2 is 1.79 bits per heavy atom. The lowest BCUT2D eigenvalue weighted by Gasteiger charge is -2.22. The fraction of sp³-hybridized carbons (Fsp3) is 0.364. The molecule has 5 rings (SSSR count). The van der Waals surface area contributed by atoms with E-state index in [9.17, 15) is 27.6 Å². The largest absolute Gasteiger partial charge is 0.490 e. The summed E-state index contributed by atoms with van der Waals surface area (Å²) in [5.74, 6) is -2.79. The number of amides is 3. The highest BCUT2D eigenvalue weighted by Gasteiger charge is 2.38. The summed E-state index contributed by atoms with van der Waals surface area (Å²) in [6, 6.07) is 14.6. The van der Waals surface area contributed by atoms with Crippen LogP contribution >= 0.6 is 0 Å². The second-order valence-electron chi connectivity index (χ2n) is 11.4. The van der Waals surface area contributed by atoms with Crippen molar-refractivity contribution in [3.63, 3.8) is 0 Å². The molecule has 3 amide bonds. The minimum atomic E-state index is -5.08. The molecule has 250 valence electrons. The number of alkyl halides is 3. The van der Waals surface area contributed by atoms with Gasteiger partial charge in [0.1, 0.15) is 0 Å². The molecule has 1 saturated carbocycles. The summed E-state index contributed by atoms with van der Waals surface area (Å²) in [4.78, 5) is 51.8. The van der Waals surface area contributed by atoms with Crippen LogP contribution in [-0.4, -0.2) is 47.3 Å². The number of hydrogen-bond acceptors (Lipinski definition) is 7. The Kier molecular flexibility index (Phi) is 11.2. The minimum absolute atomic E-state index is 0.112. The first-order valence-corrected chi connectivity index (χ1v) is 15.0. The first-order valence-electron chi connectivity index (χ1n) is 15.0. The van der Waals surface area contributed by atoms with E-state index in [-0.39, 0.29) is 23.8 Å². The Morgan fingerprint density at radius 3 is 2.43 bits per heavy atom. The molecule has 2 aliphatic rings. The van der Waals surface area contributed by atoms with Crippen LogP contribution in [0.5, 0.6) is 0 Å². The number of carbonyl (C=O) groups excluding carboxylic acids is 3. The zero-order chi connectivity index (χ0) is 34.3. The fourth-order valence-electron chi connectivity index (χ4n) is 5.20. The van der Waals surface area contributed by atoms with Gasteiger partial charge in [-0.2, -0.15) is 13.2 Å². The monoisotopic (exact) mass is 655 g/mol. The molecule has 3 aromatic rings. The van der Waals surface area contributed by atoms with E-state index in [2.05, 4.69) is 20.9 Å². The molecular weight excluding hydrogens is 619 g/mol. The van der Waals surface area contributed by atoms with E-state index in [0.29, 0.717) is 42.2 Å². The van der Waals surface area contributed by atoms with E-state index in [1.807, 2.05) is 43.3 Å². The van der Waals surface area contributed by atoms with Gasteiger partial charge in [0.15, 0.2) is 0 Å². The van der Waals surface area contributed by atoms with Gasteiger partial charge in [0.25, 0.3) is 5.91 Å².